The van der Waals surface area contributed by atoms with Gasteiger partial charge in [-0.2, -0.15) is 0 Å². The Morgan fingerprint density at radius 3 is 2.50 bits per heavy atom. The van der Waals surface area contributed by atoms with Gasteiger partial charge in [0.2, 0.25) is 0 Å². The molecule has 0 saturated heterocycles. The Balaban J connectivity index is 2.65. The first kappa shape index (κ1) is 13.1. The number of halogens is 2. The van der Waals surface area contributed by atoms with Gasteiger partial charge in [-0.25, -0.2) is 8.78 Å². The second-order valence-corrected chi connectivity index (χ2v) is 3.81. The molecule has 1 aromatic rings. The number of nitrogens with zero attached hydrogens (tertiary/aromatic N) is 1. The standard InChI is InChI=1S/C12H18F2N2/c1-2-6-16(7-5-15)9-10-3-4-11(13)12(14)8-10/h3-4,8H,2,5-7,9,15H2,1H3. The molecule has 0 aromatic heterocycles. The number of rotatable bonds is 6. The first-order valence-electron chi connectivity index (χ1n) is 5.53. The molecular formula is C12H18F2N2. The van der Waals surface area contributed by atoms with Crippen molar-refractivity contribution in [1.82, 2.24) is 4.90 Å². The first-order chi connectivity index (χ1) is 7.67. The van der Waals surface area contributed by atoms with Crippen LogP contribution in [0.3, 0.4) is 0 Å². The van der Waals surface area contributed by atoms with Crippen molar-refractivity contribution in [3.8, 4) is 0 Å². The van der Waals surface area contributed by atoms with Gasteiger partial charge in [0, 0.05) is 19.6 Å². The van der Waals surface area contributed by atoms with Gasteiger partial charge in [0.1, 0.15) is 0 Å². The highest BCUT2D eigenvalue weighted by molar-refractivity contribution is 5.17. The normalized spacial score (nSPS) is 11.1. The van der Waals surface area contributed by atoms with Gasteiger partial charge in [-0.1, -0.05) is 13.0 Å². The number of hydrogen-bond donors (Lipinski definition) is 1. The maximum Gasteiger partial charge on any atom is 0.159 e. The van der Waals surface area contributed by atoms with Crippen molar-refractivity contribution < 1.29 is 8.78 Å². The number of nitrogens with two attached hydrogens (primary N) is 1. The molecule has 0 bridgehead atoms. The van der Waals surface area contributed by atoms with E-state index in [1.54, 1.807) is 6.07 Å². The molecule has 16 heavy (non-hydrogen) atoms. The number of benzene rings is 1. The van der Waals surface area contributed by atoms with Crippen LogP contribution in [0.1, 0.15) is 18.9 Å². The van der Waals surface area contributed by atoms with Crippen LogP contribution < -0.4 is 5.73 Å². The minimum absolute atomic E-state index is 0.573. The van der Waals surface area contributed by atoms with Crippen LogP contribution in [0.2, 0.25) is 0 Å². The minimum atomic E-state index is -0.801. The Hall–Kier alpha value is -1.00. The van der Waals surface area contributed by atoms with Gasteiger partial charge >= 0.3 is 0 Å². The Kier molecular flexibility index (Phi) is 5.35. The lowest BCUT2D eigenvalue weighted by Gasteiger charge is -2.20. The van der Waals surface area contributed by atoms with Crippen LogP contribution in [0.5, 0.6) is 0 Å². The third kappa shape index (κ3) is 3.87. The topological polar surface area (TPSA) is 29.3 Å². The average molecular weight is 228 g/mol. The summed E-state index contributed by atoms with van der Waals surface area (Å²) in [7, 11) is 0. The Labute approximate surface area is 95.1 Å². The summed E-state index contributed by atoms with van der Waals surface area (Å²) in [5, 5.41) is 0. The van der Waals surface area contributed by atoms with Gasteiger partial charge < -0.3 is 5.73 Å². The molecule has 0 unspecified atom stereocenters. The fourth-order valence-electron chi connectivity index (χ4n) is 1.66. The summed E-state index contributed by atoms with van der Waals surface area (Å²) in [6.07, 6.45) is 1.02. The zero-order chi connectivity index (χ0) is 12.0. The predicted octanol–water partition coefficient (Wildman–Crippen LogP) is 2.14. The van der Waals surface area contributed by atoms with E-state index in [-0.39, 0.29) is 0 Å². The van der Waals surface area contributed by atoms with Crippen LogP contribution in [-0.4, -0.2) is 24.5 Å². The zero-order valence-corrected chi connectivity index (χ0v) is 9.55. The molecule has 0 spiro atoms. The SMILES string of the molecule is CCCN(CCN)Cc1ccc(F)c(F)c1. The van der Waals surface area contributed by atoms with Crippen molar-refractivity contribution in [2.24, 2.45) is 5.73 Å². The molecule has 0 aliphatic carbocycles. The van der Waals surface area contributed by atoms with E-state index in [0.29, 0.717) is 13.1 Å². The van der Waals surface area contributed by atoms with E-state index in [4.69, 9.17) is 5.73 Å². The van der Waals surface area contributed by atoms with Crippen molar-refractivity contribution in [2.75, 3.05) is 19.6 Å². The van der Waals surface area contributed by atoms with Crippen LogP contribution in [-0.2, 0) is 6.54 Å². The van der Waals surface area contributed by atoms with Crippen molar-refractivity contribution in [2.45, 2.75) is 19.9 Å². The van der Waals surface area contributed by atoms with E-state index in [9.17, 15) is 8.78 Å². The fraction of sp³-hybridized carbons (Fsp3) is 0.500. The summed E-state index contributed by atoms with van der Waals surface area (Å²) >= 11 is 0. The van der Waals surface area contributed by atoms with E-state index >= 15 is 0 Å². The van der Waals surface area contributed by atoms with E-state index in [1.165, 1.54) is 6.07 Å². The maximum absolute atomic E-state index is 13.0. The Bertz CT molecular complexity index is 323. The van der Waals surface area contributed by atoms with E-state index in [0.717, 1.165) is 31.1 Å². The second-order valence-electron chi connectivity index (χ2n) is 3.81. The van der Waals surface area contributed by atoms with Crippen LogP contribution in [0.15, 0.2) is 18.2 Å². The highest BCUT2D eigenvalue weighted by Crippen LogP contribution is 2.11. The predicted molar refractivity (Wildman–Crippen MR) is 61.0 cm³/mol. The summed E-state index contributed by atoms with van der Waals surface area (Å²) in [6.45, 7) is 4.95. The van der Waals surface area contributed by atoms with E-state index in [2.05, 4.69) is 11.8 Å². The molecule has 0 aliphatic heterocycles. The summed E-state index contributed by atoms with van der Waals surface area (Å²) in [6, 6.07) is 4.02. The molecule has 1 rings (SSSR count). The molecule has 2 nitrogen and oxygen atoms in total. The largest absolute Gasteiger partial charge is 0.329 e. The van der Waals surface area contributed by atoms with Crippen LogP contribution in [0.4, 0.5) is 8.78 Å². The molecule has 0 fully saturated rings. The quantitative estimate of drug-likeness (QED) is 0.808. The van der Waals surface area contributed by atoms with Crippen molar-refractivity contribution in [3.63, 3.8) is 0 Å². The molecule has 0 saturated carbocycles. The summed E-state index contributed by atoms with van der Waals surface area (Å²) < 4.78 is 25.7. The molecule has 1 aromatic carbocycles. The van der Waals surface area contributed by atoms with Crippen LogP contribution >= 0.6 is 0 Å². The first-order valence-corrected chi connectivity index (χ1v) is 5.53. The lowest BCUT2D eigenvalue weighted by Crippen LogP contribution is -2.29. The van der Waals surface area contributed by atoms with Gasteiger partial charge in [-0.15, -0.1) is 0 Å². The molecule has 90 valence electrons. The smallest absolute Gasteiger partial charge is 0.159 e. The maximum atomic E-state index is 13.0. The highest BCUT2D eigenvalue weighted by Gasteiger charge is 2.07. The Morgan fingerprint density at radius 2 is 1.94 bits per heavy atom. The van der Waals surface area contributed by atoms with Gasteiger partial charge in [-0.3, -0.25) is 4.90 Å². The molecule has 0 aliphatic rings. The van der Waals surface area contributed by atoms with Gasteiger partial charge in [-0.05, 0) is 30.7 Å². The lowest BCUT2D eigenvalue weighted by atomic mass is 10.2. The van der Waals surface area contributed by atoms with Crippen molar-refractivity contribution in [1.29, 1.82) is 0 Å². The highest BCUT2D eigenvalue weighted by atomic mass is 19.2. The van der Waals surface area contributed by atoms with E-state index < -0.39 is 11.6 Å². The third-order valence-corrected chi connectivity index (χ3v) is 2.38. The monoisotopic (exact) mass is 228 g/mol. The van der Waals surface area contributed by atoms with Gasteiger partial charge in [0.15, 0.2) is 11.6 Å². The molecule has 4 heteroatoms. The minimum Gasteiger partial charge on any atom is -0.329 e. The number of hydrogen-bond acceptors (Lipinski definition) is 2. The lowest BCUT2D eigenvalue weighted by molar-refractivity contribution is 0.273. The third-order valence-electron chi connectivity index (χ3n) is 2.38. The van der Waals surface area contributed by atoms with Gasteiger partial charge in [0.05, 0.1) is 0 Å². The molecule has 0 atom stereocenters. The molecule has 2 N–H and O–H groups in total. The van der Waals surface area contributed by atoms with Crippen molar-refractivity contribution in [3.05, 3.63) is 35.4 Å². The summed E-state index contributed by atoms with van der Waals surface area (Å²) in [5.41, 5.74) is 6.27. The summed E-state index contributed by atoms with van der Waals surface area (Å²) in [5.74, 6) is -1.59. The summed E-state index contributed by atoms with van der Waals surface area (Å²) in [4.78, 5) is 2.13. The van der Waals surface area contributed by atoms with Gasteiger partial charge in [0.25, 0.3) is 0 Å². The van der Waals surface area contributed by atoms with Crippen LogP contribution in [0, 0.1) is 11.6 Å². The average Bonchev–Trinajstić information content (AvgIpc) is 2.24. The fourth-order valence-corrected chi connectivity index (χ4v) is 1.66. The van der Waals surface area contributed by atoms with E-state index in [1.807, 2.05) is 0 Å². The Morgan fingerprint density at radius 1 is 1.19 bits per heavy atom. The molecule has 0 heterocycles. The zero-order valence-electron chi connectivity index (χ0n) is 9.55. The molecule has 0 radical (unpaired) electrons. The van der Waals surface area contributed by atoms with Crippen molar-refractivity contribution >= 4 is 0 Å². The second kappa shape index (κ2) is 6.55. The van der Waals surface area contributed by atoms with Crippen LogP contribution in [0.25, 0.3) is 0 Å². The molecular weight excluding hydrogens is 210 g/mol. The molecule has 0 amide bonds.